The van der Waals surface area contributed by atoms with E-state index in [1.165, 1.54) is 29.2 Å². The summed E-state index contributed by atoms with van der Waals surface area (Å²) in [5, 5.41) is 22.5. The van der Waals surface area contributed by atoms with E-state index in [1.807, 2.05) is 0 Å². The molecule has 1 aromatic carbocycles. The lowest BCUT2D eigenvalue weighted by molar-refractivity contribution is -0.384. The minimum Gasteiger partial charge on any atom is -0.465 e. The van der Waals surface area contributed by atoms with E-state index in [4.69, 9.17) is 14.2 Å². The van der Waals surface area contributed by atoms with Gasteiger partial charge in [-0.1, -0.05) is 51.4 Å². The van der Waals surface area contributed by atoms with Crippen LogP contribution in [0.25, 0.3) is 0 Å². The number of non-ortho nitro benzene ring substituents is 1. The van der Waals surface area contributed by atoms with E-state index < -0.39 is 29.5 Å². The Kier molecular flexibility index (Phi) is 14.4. The number of alkyl carbamates (subject to hydrolysis) is 1. The number of carbonyl (C=O) groups excluding carboxylic acids is 2. The van der Waals surface area contributed by atoms with Crippen molar-refractivity contribution in [2.45, 2.75) is 89.7 Å². The monoisotopic (exact) mass is 537 g/mol. The lowest BCUT2D eigenvalue weighted by Gasteiger charge is -2.32. The number of unbranched alkanes of at least 4 members (excludes halogenated alkanes) is 9. The van der Waals surface area contributed by atoms with Crippen LogP contribution >= 0.6 is 0 Å². The van der Waals surface area contributed by atoms with Crippen LogP contribution in [0.5, 0.6) is 5.75 Å². The molecule has 0 aliphatic carbocycles. The SMILES string of the molecule is O=C(NCCCCCCCCCCCCOC(=O)Oc1ccc([N+](=O)[O-])cc1)OC1CCCCN1C(=O)O. The van der Waals surface area contributed by atoms with E-state index >= 15 is 0 Å². The van der Waals surface area contributed by atoms with Crippen molar-refractivity contribution >= 4 is 24.0 Å². The summed E-state index contributed by atoms with van der Waals surface area (Å²) in [4.78, 5) is 46.0. The molecule has 1 aliphatic rings. The van der Waals surface area contributed by atoms with Crippen molar-refractivity contribution in [2.75, 3.05) is 19.7 Å². The highest BCUT2D eigenvalue weighted by Crippen LogP contribution is 2.19. The molecule has 212 valence electrons. The molecular formula is C26H39N3O9. The van der Waals surface area contributed by atoms with E-state index in [2.05, 4.69) is 5.32 Å². The highest BCUT2D eigenvalue weighted by Gasteiger charge is 2.29. The first kappa shape index (κ1) is 30.7. The molecule has 12 heteroatoms. The molecule has 2 N–H and O–H groups in total. The first-order chi connectivity index (χ1) is 18.4. The molecule has 1 heterocycles. The van der Waals surface area contributed by atoms with Crippen molar-refractivity contribution < 1.29 is 38.6 Å². The number of nitrogens with one attached hydrogen (secondary N) is 1. The smallest absolute Gasteiger partial charge is 0.465 e. The molecule has 0 spiro atoms. The number of carbonyl (C=O) groups is 3. The Labute approximate surface area is 222 Å². The summed E-state index contributed by atoms with van der Waals surface area (Å²) in [6, 6.07) is 5.22. The zero-order valence-corrected chi connectivity index (χ0v) is 21.8. The maximum atomic E-state index is 11.9. The maximum absolute atomic E-state index is 11.9. The Morgan fingerprint density at radius 2 is 1.55 bits per heavy atom. The zero-order valence-electron chi connectivity index (χ0n) is 21.8. The summed E-state index contributed by atoms with van der Waals surface area (Å²) < 4.78 is 15.3. The average Bonchev–Trinajstić information content (AvgIpc) is 2.89. The third-order valence-corrected chi connectivity index (χ3v) is 6.25. The minimum absolute atomic E-state index is 0.0786. The molecule has 2 amide bonds. The van der Waals surface area contributed by atoms with Crippen LogP contribution < -0.4 is 10.1 Å². The molecule has 0 aromatic heterocycles. The second-order valence-electron chi connectivity index (χ2n) is 9.25. The number of benzene rings is 1. The number of likely N-dealkylation sites (tertiary alicyclic amines) is 1. The maximum Gasteiger partial charge on any atom is 0.513 e. The average molecular weight is 538 g/mol. The van der Waals surface area contributed by atoms with Crippen LogP contribution in [0, 0.1) is 10.1 Å². The molecule has 38 heavy (non-hydrogen) atoms. The van der Waals surface area contributed by atoms with Gasteiger partial charge in [0.25, 0.3) is 5.69 Å². The number of amides is 2. The number of hydrogen-bond acceptors (Lipinski definition) is 8. The quantitative estimate of drug-likeness (QED) is 0.0820. The predicted molar refractivity (Wildman–Crippen MR) is 138 cm³/mol. The fourth-order valence-corrected chi connectivity index (χ4v) is 4.16. The molecule has 0 bridgehead atoms. The minimum atomic E-state index is -1.06. The summed E-state index contributed by atoms with van der Waals surface area (Å²) >= 11 is 0. The Morgan fingerprint density at radius 3 is 2.16 bits per heavy atom. The molecule has 0 saturated carbocycles. The second-order valence-corrected chi connectivity index (χ2v) is 9.25. The van der Waals surface area contributed by atoms with Crippen molar-refractivity contribution in [3.63, 3.8) is 0 Å². The van der Waals surface area contributed by atoms with Gasteiger partial charge in [-0.15, -0.1) is 0 Å². The summed E-state index contributed by atoms with van der Waals surface area (Å²) in [5.74, 6) is 0.197. The van der Waals surface area contributed by atoms with Crippen molar-refractivity contribution in [1.29, 1.82) is 0 Å². The Hall–Kier alpha value is -3.57. The number of carboxylic acid groups (broad SMARTS) is 1. The first-order valence-electron chi connectivity index (χ1n) is 13.4. The number of nitro groups is 1. The molecule has 12 nitrogen and oxygen atoms in total. The van der Waals surface area contributed by atoms with Crippen LogP contribution in [0.2, 0.25) is 0 Å². The molecule has 1 unspecified atom stereocenters. The lowest BCUT2D eigenvalue weighted by Crippen LogP contribution is -2.46. The fourth-order valence-electron chi connectivity index (χ4n) is 4.16. The van der Waals surface area contributed by atoms with E-state index in [1.54, 1.807) is 0 Å². The summed E-state index contributed by atoms with van der Waals surface area (Å²) in [5.41, 5.74) is -0.0786. The molecular weight excluding hydrogens is 498 g/mol. The molecule has 1 aromatic rings. The van der Waals surface area contributed by atoms with Crippen LogP contribution in [0.3, 0.4) is 0 Å². The van der Waals surface area contributed by atoms with Crippen LogP contribution in [0.1, 0.15) is 83.5 Å². The third kappa shape index (κ3) is 12.6. The van der Waals surface area contributed by atoms with Crippen LogP contribution in [0.15, 0.2) is 24.3 Å². The Bertz CT molecular complexity index is 879. The Morgan fingerprint density at radius 1 is 0.947 bits per heavy atom. The van der Waals surface area contributed by atoms with Crippen molar-refractivity contribution in [1.82, 2.24) is 10.2 Å². The van der Waals surface area contributed by atoms with E-state index in [0.717, 1.165) is 77.0 Å². The van der Waals surface area contributed by atoms with Gasteiger partial charge in [0, 0.05) is 31.6 Å². The molecule has 1 fully saturated rings. The third-order valence-electron chi connectivity index (χ3n) is 6.25. The highest BCUT2D eigenvalue weighted by atomic mass is 16.7. The largest absolute Gasteiger partial charge is 0.513 e. The number of piperidine rings is 1. The number of rotatable bonds is 16. The second kappa shape index (κ2) is 17.8. The zero-order chi connectivity index (χ0) is 27.6. The summed E-state index contributed by atoms with van der Waals surface area (Å²) in [6.07, 6.45) is 9.33. The normalized spacial score (nSPS) is 14.9. The van der Waals surface area contributed by atoms with Gasteiger partial charge in [-0.05, 0) is 37.8 Å². The van der Waals surface area contributed by atoms with Gasteiger partial charge in [0.05, 0.1) is 11.5 Å². The predicted octanol–water partition coefficient (Wildman–Crippen LogP) is 6.23. The number of hydrogen-bond donors (Lipinski definition) is 2. The van der Waals surface area contributed by atoms with Gasteiger partial charge in [-0.2, -0.15) is 0 Å². The highest BCUT2D eigenvalue weighted by molar-refractivity contribution is 5.69. The van der Waals surface area contributed by atoms with Gasteiger partial charge in [0.15, 0.2) is 6.23 Å². The van der Waals surface area contributed by atoms with Crippen molar-refractivity contribution in [2.24, 2.45) is 0 Å². The van der Waals surface area contributed by atoms with Crippen LogP contribution in [0.4, 0.5) is 20.1 Å². The topological polar surface area (TPSA) is 158 Å². The fraction of sp³-hybridized carbons (Fsp3) is 0.654. The van der Waals surface area contributed by atoms with Gasteiger partial charge in [-0.25, -0.2) is 14.4 Å². The molecule has 1 saturated heterocycles. The molecule has 2 rings (SSSR count). The molecule has 1 atom stereocenters. The van der Waals surface area contributed by atoms with Gasteiger partial charge in [0.1, 0.15) is 5.75 Å². The van der Waals surface area contributed by atoms with E-state index in [9.17, 15) is 29.6 Å². The first-order valence-corrected chi connectivity index (χ1v) is 13.4. The van der Waals surface area contributed by atoms with Crippen LogP contribution in [-0.2, 0) is 9.47 Å². The standard InChI is InChI=1S/C26H39N3O9/c30-24(38-23-13-9-11-19-28(23)25(31)32)27-18-10-7-5-3-1-2-4-6-8-12-20-36-26(33)37-22-16-14-21(15-17-22)29(34)35/h14-17,23H,1-13,18-20H2,(H,27,30)(H,31,32). The van der Waals surface area contributed by atoms with Crippen molar-refractivity contribution in [3.8, 4) is 5.75 Å². The van der Waals surface area contributed by atoms with Gasteiger partial charge in [-0.3, -0.25) is 15.0 Å². The van der Waals surface area contributed by atoms with Crippen LogP contribution in [-0.4, -0.2) is 59.2 Å². The van der Waals surface area contributed by atoms with E-state index in [0.29, 0.717) is 19.5 Å². The van der Waals surface area contributed by atoms with E-state index in [-0.39, 0.29) is 18.0 Å². The molecule has 1 aliphatic heterocycles. The summed E-state index contributed by atoms with van der Waals surface area (Å²) in [6.45, 7) is 1.18. The Balaban J connectivity index is 1.35. The lowest BCUT2D eigenvalue weighted by atomic mass is 10.1. The number of nitrogens with zero attached hydrogens (tertiary/aromatic N) is 2. The number of ether oxygens (including phenoxy) is 3. The van der Waals surface area contributed by atoms with Gasteiger partial charge < -0.3 is 24.6 Å². The van der Waals surface area contributed by atoms with Gasteiger partial charge >= 0.3 is 18.3 Å². The number of nitro benzene ring substituents is 1. The van der Waals surface area contributed by atoms with Gasteiger partial charge in [0.2, 0.25) is 0 Å². The summed E-state index contributed by atoms with van der Waals surface area (Å²) in [7, 11) is 0. The molecule has 0 radical (unpaired) electrons. The van der Waals surface area contributed by atoms with Crippen molar-refractivity contribution in [3.05, 3.63) is 34.4 Å².